The molecule has 2 aromatic carbocycles. The van der Waals surface area contributed by atoms with Crippen molar-refractivity contribution in [2.75, 3.05) is 0 Å². The number of aromatic nitrogens is 1. The summed E-state index contributed by atoms with van der Waals surface area (Å²) in [6.45, 7) is 3.33. The number of ketones is 1. The standard InChI is InChI=1S/C22H19F3N2O2/c1-3-14-11-15(13(2)27-21(29)22(23,24)25)7-8-18(14)20(28)19-6-4-5-16-12-26-10-9-17(16)19/h4-13H,3H2,1-2H3,(H,27,29)/t13-/m1/s1. The Morgan fingerprint density at radius 3 is 2.55 bits per heavy atom. The second-order valence-corrected chi connectivity index (χ2v) is 6.69. The lowest BCUT2D eigenvalue weighted by atomic mass is 9.92. The highest BCUT2D eigenvalue weighted by atomic mass is 19.4. The van der Waals surface area contributed by atoms with Gasteiger partial charge in [0.25, 0.3) is 0 Å². The highest BCUT2D eigenvalue weighted by Crippen LogP contribution is 2.25. The molecule has 0 unspecified atom stereocenters. The number of fused-ring (bicyclic) bond motifs is 1. The minimum atomic E-state index is -4.94. The summed E-state index contributed by atoms with van der Waals surface area (Å²) < 4.78 is 37.5. The van der Waals surface area contributed by atoms with E-state index in [1.54, 1.807) is 48.8 Å². The normalized spacial score (nSPS) is 12.6. The summed E-state index contributed by atoms with van der Waals surface area (Å²) in [5, 5.41) is 3.56. The van der Waals surface area contributed by atoms with Crippen LogP contribution < -0.4 is 5.32 Å². The van der Waals surface area contributed by atoms with Crippen molar-refractivity contribution in [3.05, 3.63) is 77.1 Å². The molecule has 3 aromatic rings. The molecule has 0 aliphatic rings. The number of carbonyl (C=O) groups is 2. The molecule has 7 heteroatoms. The van der Waals surface area contributed by atoms with Gasteiger partial charge < -0.3 is 5.32 Å². The summed E-state index contributed by atoms with van der Waals surface area (Å²) in [7, 11) is 0. The zero-order chi connectivity index (χ0) is 21.2. The zero-order valence-corrected chi connectivity index (χ0v) is 15.9. The summed E-state index contributed by atoms with van der Waals surface area (Å²) in [4.78, 5) is 28.4. The third-order valence-corrected chi connectivity index (χ3v) is 4.79. The average Bonchev–Trinajstić information content (AvgIpc) is 2.71. The number of carbonyl (C=O) groups excluding carboxylic acids is 2. The van der Waals surface area contributed by atoms with Crippen LogP contribution in [0.5, 0.6) is 0 Å². The van der Waals surface area contributed by atoms with Crippen LogP contribution in [0.2, 0.25) is 0 Å². The summed E-state index contributed by atoms with van der Waals surface area (Å²) in [5.74, 6) is -2.16. The molecule has 1 atom stereocenters. The molecule has 0 aliphatic heterocycles. The van der Waals surface area contributed by atoms with E-state index in [0.29, 0.717) is 28.7 Å². The molecule has 0 spiro atoms. The van der Waals surface area contributed by atoms with Gasteiger partial charge in [0.05, 0.1) is 6.04 Å². The minimum absolute atomic E-state index is 0.169. The maximum Gasteiger partial charge on any atom is 0.471 e. The second kappa shape index (κ2) is 8.03. The van der Waals surface area contributed by atoms with Crippen LogP contribution in [0.15, 0.2) is 54.9 Å². The Balaban J connectivity index is 1.95. The van der Waals surface area contributed by atoms with Crippen LogP contribution >= 0.6 is 0 Å². The molecular weight excluding hydrogens is 381 g/mol. The first-order valence-corrected chi connectivity index (χ1v) is 9.10. The summed E-state index contributed by atoms with van der Waals surface area (Å²) in [6, 6.07) is 11.2. The van der Waals surface area contributed by atoms with Crippen LogP contribution in [0.1, 0.15) is 46.9 Å². The van der Waals surface area contributed by atoms with Gasteiger partial charge in [-0.1, -0.05) is 43.3 Å². The van der Waals surface area contributed by atoms with Gasteiger partial charge in [-0.05, 0) is 35.9 Å². The van der Waals surface area contributed by atoms with Gasteiger partial charge in [0.2, 0.25) is 0 Å². The van der Waals surface area contributed by atoms with Crippen molar-refractivity contribution in [2.24, 2.45) is 0 Å². The quantitative estimate of drug-likeness (QED) is 0.628. The Morgan fingerprint density at radius 2 is 1.86 bits per heavy atom. The first-order chi connectivity index (χ1) is 13.7. The maximum atomic E-state index is 13.2. The van der Waals surface area contributed by atoms with Crippen LogP contribution in [0.4, 0.5) is 13.2 Å². The lowest BCUT2D eigenvalue weighted by molar-refractivity contribution is -0.174. The van der Waals surface area contributed by atoms with E-state index in [1.165, 1.54) is 6.92 Å². The van der Waals surface area contributed by atoms with Crippen LogP contribution in [0.3, 0.4) is 0 Å². The van der Waals surface area contributed by atoms with Crippen molar-refractivity contribution >= 4 is 22.5 Å². The third-order valence-electron chi connectivity index (χ3n) is 4.79. The van der Waals surface area contributed by atoms with Crippen molar-refractivity contribution in [3.8, 4) is 0 Å². The molecule has 0 aliphatic carbocycles. The Labute approximate surface area is 165 Å². The molecule has 0 radical (unpaired) electrons. The molecule has 4 nitrogen and oxygen atoms in total. The van der Waals surface area contributed by atoms with Gasteiger partial charge in [-0.2, -0.15) is 13.2 Å². The van der Waals surface area contributed by atoms with Gasteiger partial charge in [-0.15, -0.1) is 0 Å². The largest absolute Gasteiger partial charge is 0.471 e. The van der Waals surface area contributed by atoms with E-state index >= 15 is 0 Å². The van der Waals surface area contributed by atoms with Gasteiger partial charge in [0, 0.05) is 28.9 Å². The number of hydrogen-bond donors (Lipinski definition) is 1. The fourth-order valence-electron chi connectivity index (χ4n) is 3.22. The molecule has 1 aromatic heterocycles. The fraction of sp³-hybridized carbons (Fsp3) is 0.227. The van der Waals surface area contributed by atoms with E-state index in [1.807, 2.05) is 18.3 Å². The SMILES string of the molecule is CCc1cc([C@@H](C)NC(=O)C(F)(F)F)ccc1C(=O)c1cccc2cnccc12. The molecule has 1 N–H and O–H groups in total. The monoisotopic (exact) mass is 400 g/mol. The van der Waals surface area contributed by atoms with E-state index in [0.717, 1.165) is 10.8 Å². The minimum Gasteiger partial charge on any atom is -0.342 e. The van der Waals surface area contributed by atoms with Crippen molar-refractivity contribution in [1.29, 1.82) is 0 Å². The Morgan fingerprint density at radius 1 is 1.10 bits per heavy atom. The van der Waals surface area contributed by atoms with Crippen LogP contribution in [0.25, 0.3) is 10.8 Å². The number of benzene rings is 2. The van der Waals surface area contributed by atoms with Crippen molar-refractivity contribution in [3.63, 3.8) is 0 Å². The van der Waals surface area contributed by atoms with Gasteiger partial charge in [0.15, 0.2) is 5.78 Å². The lowest BCUT2D eigenvalue weighted by Crippen LogP contribution is -2.38. The summed E-state index contributed by atoms with van der Waals surface area (Å²) in [5.41, 5.74) is 2.21. The van der Waals surface area contributed by atoms with Crippen LogP contribution in [-0.4, -0.2) is 22.9 Å². The predicted molar refractivity (Wildman–Crippen MR) is 104 cm³/mol. The van der Waals surface area contributed by atoms with Crippen LogP contribution in [-0.2, 0) is 11.2 Å². The Hall–Kier alpha value is -3.22. The number of hydrogen-bond acceptors (Lipinski definition) is 3. The number of pyridine rings is 1. The summed E-state index contributed by atoms with van der Waals surface area (Å²) >= 11 is 0. The number of aryl methyl sites for hydroxylation is 1. The van der Waals surface area contributed by atoms with Gasteiger partial charge in [-0.25, -0.2) is 0 Å². The average molecular weight is 400 g/mol. The van der Waals surface area contributed by atoms with Crippen molar-refractivity contribution in [1.82, 2.24) is 10.3 Å². The van der Waals surface area contributed by atoms with Gasteiger partial charge in [-0.3, -0.25) is 14.6 Å². The van der Waals surface area contributed by atoms with E-state index in [2.05, 4.69) is 4.98 Å². The second-order valence-electron chi connectivity index (χ2n) is 6.69. The first-order valence-electron chi connectivity index (χ1n) is 9.10. The van der Waals surface area contributed by atoms with E-state index in [-0.39, 0.29) is 5.78 Å². The third kappa shape index (κ3) is 4.29. The highest BCUT2D eigenvalue weighted by Gasteiger charge is 2.39. The number of nitrogens with one attached hydrogen (secondary N) is 1. The van der Waals surface area contributed by atoms with Crippen LogP contribution in [0, 0.1) is 0 Å². The van der Waals surface area contributed by atoms with E-state index in [4.69, 9.17) is 0 Å². The first kappa shape index (κ1) is 20.5. The molecule has 0 fully saturated rings. The van der Waals surface area contributed by atoms with Crippen molar-refractivity contribution < 1.29 is 22.8 Å². The molecule has 1 heterocycles. The fourth-order valence-corrected chi connectivity index (χ4v) is 3.22. The molecule has 0 saturated carbocycles. The number of rotatable bonds is 5. The molecule has 1 amide bonds. The molecular formula is C22H19F3N2O2. The maximum absolute atomic E-state index is 13.2. The lowest BCUT2D eigenvalue weighted by Gasteiger charge is -2.18. The van der Waals surface area contributed by atoms with Gasteiger partial charge in [0.1, 0.15) is 0 Å². The predicted octanol–water partition coefficient (Wildman–Crippen LogP) is 4.77. The number of nitrogens with zero attached hydrogens (tertiary/aromatic N) is 1. The zero-order valence-electron chi connectivity index (χ0n) is 15.9. The molecule has 0 bridgehead atoms. The van der Waals surface area contributed by atoms with Crippen molar-refractivity contribution in [2.45, 2.75) is 32.5 Å². The number of alkyl halides is 3. The number of halogens is 3. The highest BCUT2D eigenvalue weighted by molar-refractivity contribution is 6.17. The molecule has 0 saturated heterocycles. The Bertz CT molecular complexity index is 1070. The summed E-state index contributed by atoms with van der Waals surface area (Å²) in [6.07, 6.45) is -1.13. The molecule has 150 valence electrons. The van der Waals surface area contributed by atoms with E-state index in [9.17, 15) is 22.8 Å². The topological polar surface area (TPSA) is 59.1 Å². The number of amides is 1. The smallest absolute Gasteiger partial charge is 0.342 e. The van der Waals surface area contributed by atoms with Gasteiger partial charge >= 0.3 is 12.1 Å². The molecule has 3 rings (SSSR count). The molecule has 29 heavy (non-hydrogen) atoms. The Kier molecular flexibility index (Phi) is 5.68. The van der Waals surface area contributed by atoms with E-state index < -0.39 is 18.1 Å².